The quantitative estimate of drug-likeness (QED) is 0.850. The van der Waals surface area contributed by atoms with Crippen LogP contribution in [0.4, 0.5) is 0 Å². The second-order valence-electron chi connectivity index (χ2n) is 5.39. The van der Waals surface area contributed by atoms with Gasteiger partial charge in [0.2, 0.25) is 0 Å². The summed E-state index contributed by atoms with van der Waals surface area (Å²) in [4.78, 5) is 11.6. The van der Waals surface area contributed by atoms with Crippen LogP contribution in [0.2, 0.25) is 5.02 Å². The molecule has 6 heteroatoms. The van der Waals surface area contributed by atoms with Gasteiger partial charge in [-0.25, -0.2) is 8.42 Å². The van der Waals surface area contributed by atoms with Gasteiger partial charge in [-0.05, 0) is 37.6 Å². The van der Waals surface area contributed by atoms with Crippen molar-refractivity contribution in [3.63, 3.8) is 0 Å². The Hall–Kier alpha value is -1.59. The van der Waals surface area contributed by atoms with E-state index in [-0.39, 0.29) is 11.4 Å². The Labute approximate surface area is 129 Å². The van der Waals surface area contributed by atoms with E-state index in [4.69, 9.17) is 11.6 Å². The predicted molar refractivity (Wildman–Crippen MR) is 84.6 cm³/mol. The van der Waals surface area contributed by atoms with Crippen LogP contribution in [0, 0.1) is 0 Å². The molecule has 1 N–H and O–H groups in total. The van der Waals surface area contributed by atoms with Gasteiger partial charge in [-0.1, -0.05) is 35.9 Å². The zero-order valence-electron chi connectivity index (χ0n) is 11.8. The molecule has 1 aromatic carbocycles. The van der Waals surface area contributed by atoms with Gasteiger partial charge in [0.1, 0.15) is 4.91 Å². The fraction of sp³-hybridized carbons (Fsp3) is 0.267. The minimum Gasteiger partial charge on any atom is -0.350 e. The highest BCUT2D eigenvalue weighted by atomic mass is 35.5. The van der Waals surface area contributed by atoms with E-state index in [1.54, 1.807) is 50.3 Å². The van der Waals surface area contributed by atoms with Crippen molar-refractivity contribution in [1.29, 1.82) is 0 Å². The number of benzene rings is 1. The predicted octanol–water partition coefficient (Wildman–Crippen LogP) is 2.56. The molecule has 1 aliphatic rings. The first kappa shape index (κ1) is 15.8. The number of carbonyl (C=O) groups is 1. The first-order valence-electron chi connectivity index (χ1n) is 6.41. The van der Waals surface area contributed by atoms with Crippen LogP contribution >= 0.6 is 11.6 Å². The SMILES string of the molecule is CC1(C)CNC(=O)/C(=C\C=C\c2ccc(Cl)cc2)S1(=O)=O. The van der Waals surface area contributed by atoms with Crippen LogP contribution in [0.1, 0.15) is 19.4 Å². The standard InChI is InChI=1S/C15H16ClNO3S/c1-15(2)10-17-14(18)13(21(15,19)20)5-3-4-11-6-8-12(16)9-7-11/h3-9H,10H2,1-2H3,(H,17,18)/b4-3+,13-5+. The van der Waals surface area contributed by atoms with Crippen molar-refractivity contribution in [2.45, 2.75) is 18.6 Å². The highest BCUT2D eigenvalue weighted by Crippen LogP contribution is 2.27. The van der Waals surface area contributed by atoms with E-state index >= 15 is 0 Å². The summed E-state index contributed by atoms with van der Waals surface area (Å²) >= 11 is 5.79. The molecule has 0 radical (unpaired) electrons. The lowest BCUT2D eigenvalue weighted by Gasteiger charge is -2.30. The molecule has 1 amide bonds. The first-order chi connectivity index (χ1) is 9.74. The van der Waals surface area contributed by atoms with Gasteiger partial charge >= 0.3 is 0 Å². The Bertz CT molecular complexity index is 716. The van der Waals surface area contributed by atoms with Gasteiger partial charge in [-0.15, -0.1) is 0 Å². The van der Waals surface area contributed by atoms with Gasteiger partial charge in [0.05, 0.1) is 4.75 Å². The summed E-state index contributed by atoms with van der Waals surface area (Å²) in [5.41, 5.74) is 0.865. The molecular formula is C15H16ClNO3S. The molecule has 0 bridgehead atoms. The van der Waals surface area contributed by atoms with Gasteiger partial charge in [0.25, 0.3) is 5.91 Å². The topological polar surface area (TPSA) is 63.2 Å². The van der Waals surface area contributed by atoms with E-state index in [0.717, 1.165) is 5.56 Å². The maximum atomic E-state index is 12.4. The Morgan fingerprint density at radius 3 is 2.48 bits per heavy atom. The molecule has 21 heavy (non-hydrogen) atoms. The van der Waals surface area contributed by atoms with Crippen molar-refractivity contribution in [2.24, 2.45) is 0 Å². The summed E-state index contributed by atoms with van der Waals surface area (Å²) in [6, 6.07) is 7.08. The molecule has 0 aliphatic carbocycles. The summed E-state index contributed by atoms with van der Waals surface area (Å²) in [6.07, 6.45) is 4.60. The number of rotatable bonds is 2. The second-order valence-corrected chi connectivity index (χ2v) is 8.38. The summed E-state index contributed by atoms with van der Waals surface area (Å²) < 4.78 is 23.7. The van der Waals surface area contributed by atoms with Crippen molar-refractivity contribution in [1.82, 2.24) is 5.32 Å². The van der Waals surface area contributed by atoms with E-state index in [1.807, 2.05) is 0 Å². The molecule has 0 spiro atoms. The van der Waals surface area contributed by atoms with Crippen molar-refractivity contribution in [3.05, 3.63) is 51.9 Å². The molecule has 1 saturated heterocycles. The Kier molecular flexibility index (Phi) is 4.25. The minimum absolute atomic E-state index is 0.117. The summed E-state index contributed by atoms with van der Waals surface area (Å²) in [7, 11) is -3.64. The van der Waals surface area contributed by atoms with E-state index in [1.165, 1.54) is 6.08 Å². The Morgan fingerprint density at radius 1 is 1.24 bits per heavy atom. The minimum atomic E-state index is -3.64. The Morgan fingerprint density at radius 2 is 1.86 bits per heavy atom. The summed E-state index contributed by atoms with van der Waals surface area (Å²) in [6.45, 7) is 3.31. The van der Waals surface area contributed by atoms with Gasteiger partial charge in [0, 0.05) is 11.6 Å². The smallest absolute Gasteiger partial charge is 0.262 e. The molecule has 0 aromatic heterocycles. The zero-order valence-corrected chi connectivity index (χ0v) is 13.3. The molecule has 1 aromatic rings. The number of hydrogen-bond acceptors (Lipinski definition) is 3. The lowest BCUT2D eigenvalue weighted by molar-refractivity contribution is -0.117. The molecule has 1 heterocycles. The van der Waals surface area contributed by atoms with Crippen molar-refractivity contribution in [2.75, 3.05) is 6.54 Å². The van der Waals surface area contributed by atoms with Gasteiger partial charge in [-0.3, -0.25) is 4.79 Å². The van der Waals surface area contributed by atoms with Gasteiger partial charge in [-0.2, -0.15) is 0 Å². The fourth-order valence-electron chi connectivity index (χ4n) is 1.88. The lowest BCUT2D eigenvalue weighted by Crippen LogP contribution is -2.52. The first-order valence-corrected chi connectivity index (χ1v) is 8.27. The third kappa shape index (κ3) is 3.19. The molecular weight excluding hydrogens is 310 g/mol. The maximum absolute atomic E-state index is 12.4. The molecule has 0 atom stereocenters. The Balaban J connectivity index is 2.30. The monoisotopic (exact) mass is 325 g/mol. The van der Waals surface area contributed by atoms with Crippen LogP contribution in [-0.2, 0) is 14.6 Å². The zero-order chi connectivity index (χ0) is 15.7. The molecule has 0 unspecified atom stereocenters. The number of carbonyl (C=O) groups excluding carboxylic acids is 1. The van der Waals surface area contributed by atoms with Crippen molar-refractivity contribution < 1.29 is 13.2 Å². The van der Waals surface area contributed by atoms with E-state index in [9.17, 15) is 13.2 Å². The van der Waals surface area contributed by atoms with Crippen LogP contribution in [0.25, 0.3) is 6.08 Å². The van der Waals surface area contributed by atoms with Crippen LogP contribution in [-0.4, -0.2) is 25.6 Å². The molecule has 2 rings (SSSR count). The fourth-order valence-corrected chi connectivity index (χ4v) is 3.44. The third-order valence-electron chi connectivity index (χ3n) is 3.32. The van der Waals surface area contributed by atoms with Gasteiger partial charge < -0.3 is 5.32 Å². The number of hydrogen-bond donors (Lipinski definition) is 1. The van der Waals surface area contributed by atoms with E-state index in [2.05, 4.69) is 5.32 Å². The molecule has 1 fully saturated rings. The third-order valence-corrected chi connectivity index (χ3v) is 6.07. The summed E-state index contributed by atoms with van der Waals surface area (Å²) in [5.74, 6) is -0.560. The maximum Gasteiger partial charge on any atom is 0.262 e. The number of amides is 1. The average Bonchev–Trinajstić information content (AvgIpc) is 2.41. The molecule has 112 valence electrons. The number of halogens is 1. The highest BCUT2D eigenvalue weighted by molar-refractivity contribution is 7.97. The molecule has 4 nitrogen and oxygen atoms in total. The number of nitrogens with one attached hydrogen (secondary N) is 1. The lowest BCUT2D eigenvalue weighted by atomic mass is 10.2. The van der Waals surface area contributed by atoms with Gasteiger partial charge in [0.15, 0.2) is 9.84 Å². The second kappa shape index (κ2) is 5.66. The normalized spacial score (nSPS) is 22.4. The molecule has 1 aliphatic heterocycles. The number of allylic oxidation sites excluding steroid dienone is 2. The largest absolute Gasteiger partial charge is 0.350 e. The van der Waals surface area contributed by atoms with Crippen LogP contribution in [0.5, 0.6) is 0 Å². The van der Waals surface area contributed by atoms with Crippen molar-refractivity contribution in [3.8, 4) is 0 Å². The van der Waals surface area contributed by atoms with E-state index in [0.29, 0.717) is 5.02 Å². The average molecular weight is 326 g/mol. The van der Waals surface area contributed by atoms with Crippen LogP contribution in [0.3, 0.4) is 0 Å². The van der Waals surface area contributed by atoms with E-state index < -0.39 is 20.5 Å². The van der Waals surface area contributed by atoms with Crippen molar-refractivity contribution >= 4 is 33.4 Å². The number of sulfone groups is 1. The van der Waals surface area contributed by atoms with Crippen LogP contribution < -0.4 is 5.32 Å². The summed E-state index contributed by atoms with van der Waals surface area (Å²) in [5, 5.41) is 3.22. The van der Waals surface area contributed by atoms with Crippen LogP contribution in [0.15, 0.2) is 41.3 Å². The molecule has 0 saturated carbocycles. The highest BCUT2D eigenvalue weighted by Gasteiger charge is 2.44.